The molecule has 4 nitrogen and oxygen atoms in total. The maximum absolute atomic E-state index is 10.1. The molecule has 4 heteroatoms. The van der Waals surface area contributed by atoms with Crippen molar-refractivity contribution in [3.63, 3.8) is 0 Å². The molecule has 0 amide bonds. The van der Waals surface area contributed by atoms with Crippen LogP contribution in [0.2, 0.25) is 0 Å². The van der Waals surface area contributed by atoms with Gasteiger partial charge in [0.1, 0.15) is 18.2 Å². The summed E-state index contributed by atoms with van der Waals surface area (Å²) in [5, 5.41) is 12.2. The number of hydrogen-bond acceptors (Lipinski definition) is 3. The van der Waals surface area contributed by atoms with Crippen molar-refractivity contribution in [2.75, 3.05) is 13.6 Å². The number of hydrogen-bond donors (Lipinski definition) is 0. The fourth-order valence-electron chi connectivity index (χ4n) is 5.41. The minimum absolute atomic E-state index is 0.650. The normalized spacial score (nSPS) is 13.8. The molecule has 0 aliphatic carbocycles. The van der Waals surface area contributed by atoms with Crippen molar-refractivity contribution in [2.24, 2.45) is 7.05 Å². The van der Waals surface area contributed by atoms with Crippen molar-refractivity contribution >= 4 is 21.9 Å². The summed E-state index contributed by atoms with van der Waals surface area (Å²) in [6.45, 7) is 4.05. The number of likely N-dealkylation sites (N-methyl/N-ethyl adjacent to an activating group) is 1. The predicted molar refractivity (Wildman–Crippen MR) is 135 cm³/mol. The van der Waals surface area contributed by atoms with Crippen LogP contribution in [0.25, 0.3) is 44.3 Å². The van der Waals surface area contributed by atoms with Crippen LogP contribution in [0.5, 0.6) is 0 Å². The predicted octanol–water partition coefficient (Wildman–Crippen LogP) is 5.91. The quantitative estimate of drug-likeness (QED) is 0.318. The van der Waals surface area contributed by atoms with Crippen molar-refractivity contribution in [1.29, 1.82) is 5.26 Å². The largest absolute Gasteiger partial charge is 0.454 e. The van der Waals surface area contributed by atoms with Crippen LogP contribution in [0.15, 0.2) is 71.3 Å². The standard InChI is InChI=1S/C30H26N3O/c1-19-10-12-23-24-13-11-21(17-31)28(22-8-6-7-20-14-16-32(2)18-25(20)22)30(24)34-29(23)27(19)26-9-4-5-15-33(26)3/h4-13,15H,14,16,18H2,1-3H3/q+1. The van der Waals surface area contributed by atoms with E-state index in [1.807, 2.05) is 18.2 Å². The topological polar surface area (TPSA) is 44.1 Å². The maximum Gasteiger partial charge on any atom is 0.216 e. The molecule has 0 N–H and O–H groups in total. The van der Waals surface area contributed by atoms with Crippen LogP contribution in [0.3, 0.4) is 0 Å². The highest BCUT2D eigenvalue weighted by atomic mass is 16.3. The van der Waals surface area contributed by atoms with E-state index in [9.17, 15) is 5.26 Å². The number of fused-ring (bicyclic) bond motifs is 4. The maximum atomic E-state index is 10.1. The molecule has 166 valence electrons. The molecular weight excluding hydrogens is 418 g/mol. The van der Waals surface area contributed by atoms with Gasteiger partial charge in [-0.05, 0) is 60.8 Å². The first-order valence-electron chi connectivity index (χ1n) is 11.7. The second-order valence-corrected chi connectivity index (χ2v) is 9.34. The molecule has 0 radical (unpaired) electrons. The fourth-order valence-corrected chi connectivity index (χ4v) is 5.41. The third kappa shape index (κ3) is 3.05. The van der Waals surface area contributed by atoms with Crippen LogP contribution in [-0.4, -0.2) is 18.5 Å². The Morgan fingerprint density at radius 2 is 1.74 bits per heavy atom. The minimum atomic E-state index is 0.650. The molecule has 0 bridgehead atoms. The van der Waals surface area contributed by atoms with Crippen LogP contribution >= 0.6 is 0 Å². The number of furan rings is 1. The number of pyridine rings is 1. The number of aromatic nitrogens is 1. The lowest BCUT2D eigenvalue weighted by Crippen LogP contribution is -2.30. The van der Waals surface area contributed by atoms with Gasteiger partial charge in [0.15, 0.2) is 6.20 Å². The van der Waals surface area contributed by atoms with Crippen molar-refractivity contribution in [1.82, 2.24) is 4.90 Å². The molecule has 6 rings (SSSR count). The van der Waals surface area contributed by atoms with Gasteiger partial charge in [-0.2, -0.15) is 5.26 Å². The van der Waals surface area contributed by atoms with Gasteiger partial charge in [0, 0.05) is 41.6 Å². The van der Waals surface area contributed by atoms with E-state index >= 15 is 0 Å². The lowest BCUT2D eigenvalue weighted by molar-refractivity contribution is -0.660. The Morgan fingerprint density at radius 3 is 2.53 bits per heavy atom. The number of aryl methyl sites for hydroxylation is 2. The number of benzene rings is 3. The van der Waals surface area contributed by atoms with Crippen molar-refractivity contribution in [2.45, 2.75) is 19.9 Å². The third-order valence-corrected chi connectivity index (χ3v) is 7.18. The van der Waals surface area contributed by atoms with E-state index in [4.69, 9.17) is 4.42 Å². The van der Waals surface area contributed by atoms with E-state index in [1.165, 1.54) is 11.1 Å². The molecule has 1 aliphatic rings. The first-order chi connectivity index (χ1) is 16.6. The lowest BCUT2D eigenvalue weighted by atomic mass is 9.88. The Morgan fingerprint density at radius 1 is 0.941 bits per heavy atom. The molecule has 3 heterocycles. The number of rotatable bonds is 2. The van der Waals surface area contributed by atoms with Crippen molar-refractivity contribution in [3.05, 3.63) is 89.1 Å². The monoisotopic (exact) mass is 444 g/mol. The van der Waals surface area contributed by atoms with E-state index in [0.717, 1.165) is 69.4 Å². The fraction of sp³-hybridized carbons (Fsp3) is 0.200. The summed E-state index contributed by atoms with van der Waals surface area (Å²) in [7, 11) is 4.21. The molecule has 0 unspecified atom stereocenters. The highest BCUT2D eigenvalue weighted by molar-refractivity contribution is 6.14. The van der Waals surface area contributed by atoms with Gasteiger partial charge >= 0.3 is 0 Å². The van der Waals surface area contributed by atoms with Crippen LogP contribution in [0.1, 0.15) is 22.3 Å². The van der Waals surface area contributed by atoms with Crippen LogP contribution in [0, 0.1) is 18.3 Å². The molecule has 2 aromatic heterocycles. The Balaban J connectivity index is 1.72. The molecule has 0 atom stereocenters. The molecule has 3 aromatic carbocycles. The molecule has 0 fully saturated rings. The average molecular weight is 445 g/mol. The summed E-state index contributed by atoms with van der Waals surface area (Å²) in [6, 6.07) is 23.4. The van der Waals surface area contributed by atoms with Crippen molar-refractivity contribution in [3.8, 4) is 28.5 Å². The zero-order chi connectivity index (χ0) is 23.4. The van der Waals surface area contributed by atoms with E-state index in [-0.39, 0.29) is 0 Å². The number of nitriles is 1. The van der Waals surface area contributed by atoms with Gasteiger partial charge in [-0.25, -0.2) is 4.57 Å². The number of nitrogens with zero attached hydrogens (tertiary/aromatic N) is 3. The summed E-state index contributed by atoms with van der Waals surface area (Å²) in [6.07, 6.45) is 3.08. The summed E-state index contributed by atoms with van der Waals surface area (Å²) in [5.41, 5.74) is 10.3. The summed E-state index contributed by atoms with van der Waals surface area (Å²) < 4.78 is 8.87. The third-order valence-electron chi connectivity index (χ3n) is 7.18. The zero-order valence-corrected chi connectivity index (χ0v) is 19.7. The Kier molecular flexibility index (Phi) is 4.76. The van der Waals surface area contributed by atoms with Gasteiger partial charge in [-0.15, -0.1) is 0 Å². The SMILES string of the molecule is Cc1ccc2c(oc3c(-c4cccc5c4CN(C)CC5)c(C#N)ccc32)c1-c1cccc[n+]1C. The van der Waals surface area contributed by atoms with Gasteiger partial charge in [-0.1, -0.05) is 30.3 Å². The van der Waals surface area contributed by atoms with Crippen LogP contribution in [0.4, 0.5) is 0 Å². The highest BCUT2D eigenvalue weighted by Gasteiger charge is 2.25. The Labute approximate surface area is 199 Å². The molecular formula is C30H26N3O+. The average Bonchev–Trinajstić information content (AvgIpc) is 3.22. The zero-order valence-electron chi connectivity index (χ0n) is 19.7. The highest BCUT2D eigenvalue weighted by Crippen LogP contribution is 2.43. The Hall–Kier alpha value is -3.94. The first kappa shape index (κ1) is 20.7. The second kappa shape index (κ2) is 7.83. The smallest absolute Gasteiger partial charge is 0.216 e. The molecule has 0 saturated heterocycles. The van der Waals surface area contributed by atoms with E-state index in [1.54, 1.807) is 0 Å². The summed E-state index contributed by atoms with van der Waals surface area (Å²) >= 11 is 0. The van der Waals surface area contributed by atoms with Gasteiger partial charge in [0.05, 0.1) is 17.2 Å². The van der Waals surface area contributed by atoms with Crippen LogP contribution in [-0.2, 0) is 20.0 Å². The molecule has 34 heavy (non-hydrogen) atoms. The van der Waals surface area contributed by atoms with Gasteiger partial charge in [0.25, 0.3) is 0 Å². The Bertz CT molecular complexity index is 1640. The van der Waals surface area contributed by atoms with E-state index < -0.39 is 0 Å². The molecule has 0 saturated carbocycles. The minimum Gasteiger partial charge on any atom is -0.454 e. The summed E-state index contributed by atoms with van der Waals surface area (Å²) in [4.78, 5) is 2.34. The van der Waals surface area contributed by atoms with Crippen LogP contribution < -0.4 is 4.57 Å². The second-order valence-electron chi connectivity index (χ2n) is 9.34. The van der Waals surface area contributed by atoms with E-state index in [0.29, 0.717) is 5.56 Å². The van der Waals surface area contributed by atoms with Gasteiger partial charge in [-0.3, -0.25) is 0 Å². The molecule has 5 aromatic rings. The molecule has 1 aliphatic heterocycles. The van der Waals surface area contributed by atoms with Gasteiger partial charge in [0.2, 0.25) is 5.69 Å². The molecule has 0 spiro atoms. The first-order valence-corrected chi connectivity index (χ1v) is 11.7. The van der Waals surface area contributed by atoms with E-state index in [2.05, 4.69) is 85.2 Å². The van der Waals surface area contributed by atoms with Gasteiger partial charge < -0.3 is 9.32 Å². The lowest BCUT2D eigenvalue weighted by Gasteiger charge is -2.27. The van der Waals surface area contributed by atoms with Crippen molar-refractivity contribution < 1.29 is 8.98 Å². The summed E-state index contributed by atoms with van der Waals surface area (Å²) in [5.74, 6) is 0.